The van der Waals surface area contributed by atoms with Gasteiger partial charge in [0.2, 0.25) is 0 Å². The summed E-state index contributed by atoms with van der Waals surface area (Å²) in [5, 5.41) is 0.619. The lowest BCUT2D eigenvalue weighted by atomic mass is 9.52. The number of anilines is 1. The minimum absolute atomic E-state index is 0.117. The van der Waals surface area contributed by atoms with Crippen molar-refractivity contribution in [3.05, 3.63) is 16.9 Å². The van der Waals surface area contributed by atoms with E-state index in [1.165, 1.54) is 12.3 Å². The molecule has 0 aromatic carbocycles. The van der Waals surface area contributed by atoms with Gasteiger partial charge < -0.3 is 9.47 Å². The molecule has 6 radical (unpaired) electrons. The number of pyridine rings is 1. The van der Waals surface area contributed by atoms with Crippen LogP contribution in [-0.2, 0) is 4.74 Å². The van der Waals surface area contributed by atoms with E-state index in [-0.39, 0.29) is 11.4 Å². The van der Waals surface area contributed by atoms with Gasteiger partial charge in [0.15, 0.2) is 5.75 Å². The van der Waals surface area contributed by atoms with E-state index in [9.17, 15) is 4.79 Å². The Kier molecular flexibility index (Phi) is 5.18. The monoisotopic (exact) mass is 332 g/mol. The van der Waals surface area contributed by atoms with Crippen LogP contribution in [0.1, 0.15) is 20.8 Å². The number of carbonyl (C=O) groups excluding carboxylic acids is 1. The first-order chi connectivity index (χ1) is 8.96. The first-order valence-corrected chi connectivity index (χ1v) is 6.47. The lowest BCUT2D eigenvalue weighted by Crippen LogP contribution is -2.38. The Morgan fingerprint density at radius 3 is 2.45 bits per heavy atom. The Labute approximate surface area is 130 Å². The zero-order valence-corrected chi connectivity index (χ0v) is 13.0. The molecular weight excluding hydrogens is 320 g/mol. The molecule has 0 aliphatic rings. The highest BCUT2D eigenvalue weighted by Crippen LogP contribution is 2.28. The number of nitrogens with one attached hydrogen (secondary N) is 1. The second-order valence-corrected chi connectivity index (χ2v) is 5.90. The summed E-state index contributed by atoms with van der Waals surface area (Å²) in [6.45, 7) is 5.24. The van der Waals surface area contributed by atoms with E-state index in [0.717, 1.165) is 0 Å². The van der Waals surface area contributed by atoms with Crippen LogP contribution in [0.4, 0.5) is 10.5 Å². The van der Waals surface area contributed by atoms with Crippen molar-refractivity contribution in [2.75, 3.05) is 5.32 Å². The fraction of sp³-hybridized carbons (Fsp3) is 0.455. The van der Waals surface area contributed by atoms with E-state index >= 15 is 0 Å². The van der Waals surface area contributed by atoms with E-state index < -0.39 is 17.0 Å². The number of hydrogen-bond acceptors (Lipinski definition) is 4. The van der Waals surface area contributed by atoms with Gasteiger partial charge in [0.1, 0.15) is 33.7 Å². The number of carbonyl (C=O) groups is 1. The first-order valence-electron chi connectivity index (χ1n) is 5.67. The molecule has 1 aromatic heterocycles. The average molecular weight is 333 g/mol. The van der Waals surface area contributed by atoms with Gasteiger partial charge in [0, 0.05) is 0 Å². The number of rotatable bonds is 3. The predicted molar refractivity (Wildman–Crippen MR) is 82.4 cm³/mol. The SMILES string of the molecule is [B]C([B])([B])Oc1cnc(Br)cc1NC(=O)OC(C)(C)C. The maximum Gasteiger partial charge on any atom is 0.412 e. The highest BCUT2D eigenvalue weighted by Gasteiger charge is 2.19. The number of amides is 1. The summed E-state index contributed by atoms with van der Waals surface area (Å²) in [5.41, 5.74) is -0.360. The van der Waals surface area contributed by atoms with Gasteiger partial charge in [-0.25, -0.2) is 9.78 Å². The molecule has 1 aromatic rings. The van der Waals surface area contributed by atoms with E-state index in [0.29, 0.717) is 4.60 Å². The fourth-order valence-corrected chi connectivity index (χ4v) is 1.53. The molecule has 5 nitrogen and oxygen atoms in total. The lowest BCUT2D eigenvalue weighted by Gasteiger charge is -2.25. The molecule has 0 bridgehead atoms. The summed E-state index contributed by atoms with van der Waals surface area (Å²) in [4.78, 5) is 15.7. The molecule has 0 fully saturated rings. The highest BCUT2D eigenvalue weighted by molar-refractivity contribution is 9.10. The maximum atomic E-state index is 11.7. The van der Waals surface area contributed by atoms with Gasteiger partial charge in [0.05, 0.1) is 11.9 Å². The molecule has 0 unspecified atom stereocenters. The molecule has 1 heterocycles. The Bertz CT molecular complexity index is 501. The van der Waals surface area contributed by atoms with Gasteiger partial charge in [-0.15, -0.1) is 0 Å². The third kappa shape index (κ3) is 6.37. The molecule has 0 spiro atoms. The fourth-order valence-electron chi connectivity index (χ4n) is 1.20. The van der Waals surface area contributed by atoms with Crippen LogP contribution in [0.3, 0.4) is 0 Å². The van der Waals surface area contributed by atoms with Gasteiger partial charge in [-0.2, -0.15) is 0 Å². The van der Waals surface area contributed by atoms with Crippen LogP contribution in [0.25, 0.3) is 0 Å². The van der Waals surface area contributed by atoms with Crippen molar-refractivity contribution in [2.45, 2.75) is 31.7 Å². The smallest absolute Gasteiger partial charge is 0.412 e. The average Bonchev–Trinajstić information content (AvgIpc) is 2.17. The molecule has 100 valence electrons. The predicted octanol–water partition coefficient (Wildman–Crippen LogP) is 1.69. The zero-order chi connectivity index (χ0) is 15.6. The number of ether oxygens (including phenoxy) is 2. The molecule has 1 amide bonds. The Morgan fingerprint density at radius 1 is 1.35 bits per heavy atom. The minimum Gasteiger partial charge on any atom is -0.512 e. The third-order valence-electron chi connectivity index (χ3n) is 1.76. The second kappa shape index (κ2) is 6.12. The van der Waals surface area contributed by atoms with Crippen molar-refractivity contribution < 1.29 is 14.3 Å². The van der Waals surface area contributed by atoms with Crippen molar-refractivity contribution in [3.63, 3.8) is 0 Å². The first kappa shape index (κ1) is 16.9. The molecule has 0 saturated heterocycles. The van der Waals surface area contributed by atoms with Crippen LogP contribution in [0.5, 0.6) is 5.75 Å². The van der Waals surface area contributed by atoms with Crippen molar-refractivity contribution >= 4 is 51.2 Å². The van der Waals surface area contributed by atoms with Gasteiger partial charge in [-0.3, -0.25) is 5.32 Å². The van der Waals surface area contributed by atoms with Crippen molar-refractivity contribution in [3.8, 4) is 5.75 Å². The summed E-state index contributed by atoms with van der Waals surface area (Å²) < 4.78 is 10.7. The molecule has 1 N–H and O–H groups in total. The normalized spacial score (nSPS) is 11.8. The Hall–Kier alpha value is -1.11. The molecule has 9 heteroatoms. The quantitative estimate of drug-likeness (QED) is 0.676. The van der Waals surface area contributed by atoms with E-state index in [1.54, 1.807) is 20.8 Å². The van der Waals surface area contributed by atoms with Crippen molar-refractivity contribution in [1.82, 2.24) is 4.98 Å². The molecule has 0 saturated carbocycles. The van der Waals surface area contributed by atoms with Crippen LogP contribution >= 0.6 is 15.9 Å². The van der Waals surface area contributed by atoms with Crippen molar-refractivity contribution in [1.29, 1.82) is 0 Å². The molecule has 0 atom stereocenters. The number of nitrogens with zero attached hydrogens (tertiary/aromatic N) is 1. The number of halogens is 1. The van der Waals surface area contributed by atoms with Gasteiger partial charge in [-0.1, -0.05) is 0 Å². The molecule has 0 aliphatic heterocycles. The summed E-state index contributed by atoms with van der Waals surface area (Å²) in [6.07, 6.45) is 0.662. The summed E-state index contributed by atoms with van der Waals surface area (Å²) in [5.74, 6) is 0.117. The Morgan fingerprint density at radius 2 is 1.95 bits per heavy atom. The molecule has 20 heavy (non-hydrogen) atoms. The molecular formula is C11H12B3BrN2O3. The van der Waals surface area contributed by atoms with Crippen molar-refractivity contribution in [2.24, 2.45) is 0 Å². The van der Waals surface area contributed by atoms with Crippen LogP contribution in [0.15, 0.2) is 16.9 Å². The maximum absolute atomic E-state index is 11.7. The number of hydrogen-bond donors (Lipinski definition) is 1. The van der Waals surface area contributed by atoms with Gasteiger partial charge >= 0.3 is 6.09 Å². The van der Waals surface area contributed by atoms with Crippen LogP contribution < -0.4 is 10.1 Å². The van der Waals surface area contributed by atoms with Crippen LogP contribution in [0, 0.1) is 0 Å². The zero-order valence-electron chi connectivity index (χ0n) is 11.4. The Balaban J connectivity index is 2.93. The van der Waals surface area contributed by atoms with E-state index in [2.05, 4.69) is 26.2 Å². The standard InChI is InChI=1S/C11H12B3BrN2O3/c1-10(2,3)20-9(18)17-6-4-8(15)16-5-7(6)19-11(12,13)14/h4-5H,1-3H3,(H,16,17,18). The summed E-state index contributed by atoms with van der Waals surface area (Å²) in [7, 11) is 16.1. The lowest BCUT2D eigenvalue weighted by molar-refractivity contribution is 0.0635. The largest absolute Gasteiger partial charge is 0.512 e. The third-order valence-corrected chi connectivity index (χ3v) is 2.19. The van der Waals surface area contributed by atoms with E-state index in [1.807, 2.05) is 0 Å². The number of aromatic nitrogens is 1. The van der Waals surface area contributed by atoms with Crippen LogP contribution in [-0.4, -0.2) is 45.5 Å². The topological polar surface area (TPSA) is 60.5 Å². The highest BCUT2D eigenvalue weighted by atomic mass is 79.9. The summed E-state index contributed by atoms with van der Waals surface area (Å²) in [6, 6.07) is 1.50. The molecule has 1 rings (SSSR count). The van der Waals surface area contributed by atoms with Crippen LogP contribution in [0.2, 0.25) is 0 Å². The van der Waals surface area contributed by atoms with Gasteiger partial charge in [0.25, 0.3) is 0 Å². The minimum atomic E-state index is -1.89. The molecule has 0 aliphatic carbocycles. The second-order valence-electron chi connectivity index (χ2n) is 5.09. The van der Waals surface area contributed by atoms with Gasteiger partial charge in [-0.05, 0) is 48.1 Å². The summed E-state index contributed by atoms with van der Waals surface area (Å²) >= 11 is 3.17. The van der Waals surface area contributed by atoms with E-state index in [4.69, 9.17) is 33.0 Å².